The fourth-order valence-electron chi connectivity index (χ4n) is 2.24. The summed E-state index contributed by atoms with van der Waals surface area (Å²) in [6.07, 6.45) is 3.58. The Kier molecular flexibility index (Phi) is 3.88. The van der Waals surface area contributed by atoms with Gasteiger partial charge in [0.25, 0.3) is 5.91 Å². The van der Waals surface area contributed by atoms with Crippen LogP contribution in [0.4, 0.5) is 4.39 Å². The minimum atomic E-state index is -0.545. The first-order valence-electron chi connectivity index (χ1n) is 6.81. The number of amides is 1. The van der Waals surface area contributed by atoms with Crippen molar-refractivity contribution in [3.63, 3.8) is 0 Å². The third kappa shape index (κ3) is 3.22. The van der Waals surface area contributed by atoms with Gasteiger partial charge in [-0.1, -0.05) is 17.7 Å². The van der Waals surface area contributed by atoms with E-state index < -0.39 is 5.82 Å². The molecule has 1 heterocycles. The predicted molar refractivity (Wildman–Crippen MR) is 78.5 cm³/mol. The highest BCUT2D eigenvalue weighted by atomic mass is 35.5. The second-order valence-electron chi connectivity index (χ2n) is 5.11. The summed E-state index contributed by atoms with van der Waals surface area (Å²) in [5, 5.41) is 0.355. The zero-order chi connectivity index (χ0) is 14.8. The van der Waals surface area contributed by atoms with Crippen molar-refractivity contribution in [2.24, 2.45) is 0 Å². The largest absolute Gasteiger partial charge is 0.330 e. The van der Waals surface area contributed by atoms with Crippen LogP contribution in [-0.2, 0) is 6.54 Å². The quantitative estimate of drug-likeness (QED) is 0.863. The molecule has 0 N–H and O–H groups in total. The van der Waals surface area contributed by atoms with Gasteiger partial charge in [0, 0.05) is 17.3 Å². The van der Waals surface area contributed by atoms with E-state index in [0.717, 1.165) is 18.5 Å². The second kappa shape index (κ2) is 5.82. The average Bonchev–Trinajstić information content (AvgIpc) is 3.32. The number of hydrogen-bond acceptors (Lipinski definition) is 2. The lowest BCUT2D eigenvalue weighted by atomic mass is 10.1. The van der Waals surface area contributed by atoms with Gasteiger partial charge in [-0.25, -0.2) is 4.39 Å². The molecule has 5 heteroatoms. The van der Waals surface area contributed by atoms with Gasteiger partial charge in [-0.15, -0.1) is 0 Å². The molecule has 0 saturated heterocycles. The first-order chi connectivity index (χ1) is 10.1. The van der Waals surface area contributed by atoms with Crippen molar-refractivity contribution in [3.8, 4) is 0 Å². The number of carbonyl (C=O) groups excluding carboxylic acids is 1. The monoisotopic (exact) mass is 304 g/mol. The summed E-state index contributed by atoms with van der Waals surface area (Å²) in [5.74, 6) is -0.876. The Balaban J connectivity index is 1.87. The molecule has 3 rings (SSSR count). The fraction of sp³-hybridized carbons (Fsp3) is 0.250. The number of aromatic nitrogens is 1. The van der Waals surface area contributed by atoms with Crippen molar-refractivity contribution in [3.05, 3.63) is 64.7 Å². The van der Waals surface area contributed by atoms with Crippen LogP contribution in [0.25, 0.3) is 0 Å². The summed E-state index contributed by atoms with van der Waals surface area (Å²) < 4.78 is 13.9. The lowest BCUT2D eigenvalue weighted by Gasteiger charge is -2.22. The molecule has 0 radical (unpaired) electrons. The van der Waals surface area contributed by atoms with Crippen LogP contribution in [0.2, 0.25) is 5.02 Å². The lowest BCUT2D eigenvalue weighted by Crippen LogP contribution is -2.33. The molecule has 1 aliphatic carbocycles. The SMILES string of the molecule is O=C(c1cc(Cl)ccc1F)N(Cc1ccccn1)C1CC1. The highest BCUT2D eigenvalue weighted by Gasteiger charge is 2.34. The van der Waals surface area contributed by atoms with E-state index in [0.29, 0.717) is 11.6 Å². The molecular formula is C16H14ClFN2O. The second-order valence-corrected chi connectivity index (χ2v) is 5.55. The third-order valence-corrected chi connectivity index (χ3v) is 3.70. The van der Waals surface area contributed by atoms with Crippen LogP contribution in [0.15, 0.2) is 42.6 Å². The van der Waals surface area contributed by atoms with Gasteiger partial charge < -0.3 is 4.90 Å². The van der Waals surface area contributed by atoms with Crippen LogP contribution in [0.3, 0.4) is 0 Å². The highest BCUT2D eigenvalue weighted by Crippen LogP contribution is 2.30. The minimum Gasteiger partial charge on any atom is -0.330 e. The molecule has 0 bridgehead atoms. The van der Waals surface area contributed by atoms with Crippen LogP contribution in [0.5, 0.6) is 0 Å². The van der Waals surface area contributed by atoms with E-state index in [2.05, 4.69) is 4.98 Å². The Hall–Kier alpha value is -1.94. The topological polar surface area (TPSA) is 33.2 Å². The summed E-state index contributed by atoms with van der Waals surface area (Å²) >= 11 is 5.87. The van der Waals surface area contributed by atoms with Crippen LogP contribution in [0, 0.1) is 5.82 Å². The molecule has 2 aromatic rings. The standard InChI is InChI=1S/C16H14ClFN2O/c17-11-4-7-15(18)14(9-11)16(21)20(13-5-6-13)10-12-3-1-2-8-19-12/h1-4,7-9,13H,5-6,10H2. The molecule has 0 aliphatic heterocycles. The molecular weight excluding hydrogens is 291 g/mol. The number of pyridine rings is 1. The fourth-order valence-corrected chi connectivity index (χ4v) is 2.41. The molecule has 0 spiro atoms. The van der Waals surface area contributed by atoms with Crippen LogP contribution in [0.1, 0.15) is 28.9 Å². The predicted octanol–water partition coefficient (Wildman–Crippen LogP) is 3.68. The van der Waals surface area contributed by atoms with E-state index in [1.165, 1.54) is 18.2 Å². The number of hydrogen-bond donors (Lipinski definition) is 0. The number of nitrogens with zero attached hydrogens (tertiary/aromatic N) is 2. The van der Waals surface area contributed by atoms with E-state index in [1.54, 1.807) is 11.1 Å². The number of benzene rings is 1. The van der Waals surface area contributed by atoms with E-state index in [9.17, 15) is 9.18 Å². The number of rotatable bonds is 4. The summed E-state index contributed by atoms with van der Waals surface area (Å²) in [5.41, 5.74) is 0.811. The summed E-state index contributed by atoms with van der Waals surface area (Å²) in [7, 11) is 0. The Morgan fingerprint density at radius 3 is 2.81 bits per heavy atom. The maximum atomic E-state index is 13.9. The molecule has 108 valence electrons. The van der Waals surface area contributed by atoms with Crippen LogP contribution >= 0.6 is 11.6 Å². The van der Waals surface area contributed by atoms with Gasteiger partial charge in [-0.05, 0) is 43.2 Å². The van der Waals surface area contributed by atoms with Crippen molar-refractivity contribution >= 4 is 17.5 Å². The average molecular weight is 305 g/mol. The highest BCUT2D eigenvalue weighted by molar-refractivity contribution is 6.31. The number of carbonyl (C=O) groups is 1. The smallest absolute Gasteiger partial charge is 0.257 e. The van der Waals surface area contributed by atoms with E-state index in [-0.39, 0.29) is 17.5 Å². The van der Waals surface area contributed by atoms with E-state index >= 15 is 0 Å². The zero-order valence-corrected chi connectivity index (χ0v) is 12.1. The number of halogens is 2. The van der Waals surface area contributed by atoms with Crippen LogP contribution < -0.4 is 0 Å². The molecule has 1 saturated carbocycles. The molecule has 3 nitrogen and oxygen atoms in total. The van der Waals surface area contributed by atoms with Crippen molar-refractivity contribution in [2.75, 3.05) is 0 Å². The molecule has 21 heavy (non-hydrogen) atoms. The normalized spacial score (nSPS) is 14.0. The van der Waals surface area contributed by atoms with Gasteiger partial charge in [0.2, 0.25) is 0 Å². The zero-order valence-electron chi connectivity index (χ0n) is 11.3. The van der Waals surface area contributed by atoms with E-state index in [4.69, 9.17) is 11.6 Å². The molecule has 1 amide bonds. The van der Waals surface area contributed by atoms with Crippen LogP contribution in [-0.4, -0.2) is 21.8 Å². The molecule has 1 aromatic heterocycles. The molecule has 0 unspecified atom stereocenters. The van der Waals surface area contributed by atoms with Gasteiger partial charge in [0.15, 0.2) is 0 Å². The molecule has 0 atom stereocenters. The third-order valence-electron chi connectivity index (χ3n) is 3.47. The Labute approximate surface area is 127 Å². The maximum Gasteiger partial charge on any atom is 0.257 e. The van der Waals surface area contributed by atoms with Crippen molar-refractivity contribution in [1.29, 1.82) is 0 Å². The van der Waals surface area contributed by atoms with Crippen molar-refractivity contribution in [2.45, 2.75) is 25.4 Å². The van der Waals surface area contributed by atoms with E-state index in [1.807, 2.05) is 18.2 Å². The summed E-state index contributed by atoms with van der Waals surface area (Å²) in [6, 6.07) is 9.76. The molecule has 1 aliphatic rings. The van der Waals surface area contributed by atoms with Gasteiger partial charge in [0.1, 0.15) is 5.82 Å². The van der Waals surface area contributed by atoms with Gasteiger partial charge in [-0.3, -0.25) is 9.78 Å². The van der Waals surface area contributed by atoms with Gasteiger partial charge in [0.05, 0.1) is 17.8 Å². The molecule has 1 aromatic carbocycles. The Morgan fingerprint density at radius 1 is 1.33 bits per heavy atom. The Bertz CT molecular complexity index is 659. The van der Waals surface area contributed by atoms with Crippen molar-refractivity contribution in [1.82, 2.24) is 9.88 Å². The molecule has 1 fully saturated rings. The van der Waals surface area contributed by atoms with Gasteiger partial charge in [-0.2, -0.15) is 0 Å². The first kappa shape index (κ1) is 14.0. The summed E-state index contributed by atoms with van der Waals surface area (Å²) in [6.45, 7) is 0.385. The maximum absolute atomic E-state index is 13.9. The first-order valence-corrected chi connectivity index (χ1v) is 7.19. The minimum absolute atomic E-state index is 0.0188. The summed E-state index contributed by atoms with van der Waals surface area (Å²) in [4.78, 5) is 18.5. The lowest BCUT2D eigenvalue weighted by molar-refractivity contribution is 0.0723. The Morgan fingerprint density at radius 2 is 2.14 bits per heavy atom. The van der Waals surface area contributed by atoms with Crippen molar-refractivity contribution < 1.29 is 9.18 Å². The van der Waals surface area contributed by atoms with Gasteiger partial charge >= 0.3 is 0 Å².